The lowest BCUT2D eigenvalue weighted by molar-refractivity contribution is -0.137. The van der Waals surface area contributed by atoms with Gasteiger partial charge in [-0.2, -0.15) is 0 Å². The lowest BCUT2D eigenvalue weighted by Crippen LogP contribution is -2.43. The highest BCUT2D eigenvalue weighted by Crippen LogP contribution is 2.36. The summed E-state index contributed by atoms with van der Waals surface area (Å²) in [6, 6.07) is 9.87. The molecule has 7 heteroatoms. The number of amides is 2. The number of nitrogens with zero attached hydrogens (tertiary/aromatic N) is 3. The lowest BCUT2D eigenvalue weighted by Gasteiger charge is -2.33. The summed E-state index contributed by atoms with van der Waals surface area (Å²) >= 11 is 0. The molecule has 2 saturated heterocycles. The Kier molecular flexibility index (Phi) is 6.05. The predicted octanol–water partition coefficient (Wildman–Crippen LogP) is 3.33. The van der Waals surface area contributed by atoms with E-state index < -0.39 is 5.41 Å². The van der Waals surface area contributed by atoms with E-state index in [0.717, 1.165) is 18.5 Å². The van der Waals surface area contributed by atoms with Gasteiger partial charge >= 0.3 is 0 Å². The molecule has 1 atom stereocenters. The Bertz CT molecular complexity index is 955. The highest BCUT2D eigenvalue weighted by molar-refractivity contribution is 5.94. The van der Waals surface area contributed by atoms with Crippen LogP contribution in [0.4, 0.5) is 4.39 Å². The maximum atomic E-state index is 14.4. The Morgan fingerprint density at radius 1 is 1.10 bits per heavy atom. The summed E-state index contributed by atoms with van der Waals surface area (Å²) in [5.41, 5.74) is 0.701. The number of rotatable bonds is 4. The van der Waals surface area contributed by atoms with Crippen LogP contribution in [0.15, 0.2) is 42.6 Å². The van der Waals surface area contributed by atoms with Gasteiger partial charge in [0.05, 0.1) is 35.9 Å². The smallest absolute Gasteiger partial charge is 0.255 e. The molecule has 0 aliphatic carbocycles. The minimum absolute atomic E-state index is 0.0533. The number of hydrogen-bond acceptors (Lipinski definition) is 4. The maximum absolute atomic E-state index is 14.4. The zero-order valence-electron chi connectivity index (χ0n) is 18.0. The number of carbonyl (C=O) groups is 2. The summed E-state index contributed by atoms with van der Waals surface area (Å²) in [6.45, 7) is 6.40. The number of hydrogen-bond donors (Lipinski definition) is 0. The van der Waals surface area contributed by atoms with E-state index >= 15 is 0 Å². The molecule has 2 aliphatic heterocycles. The van der Waals surface area contributed by atoms with Crippen molar-refractivity contribution < 1.29 is 18.7 Å². The number of aromatic nitrogens is 1. The Morgan fingerprint density at radius 3 is 2.52 bits per heavy atom. The van der Waals surface area contributed by atoms with E-state index in [-0.39, 0.29) is 23.7 Å². The first kappa shape index (κ1) is 21.4. The summed E-state index contributed by atoms with van der Waals surface area (Å²) in [4.78, 5) is 34.2. The average Bonchev–Trinajstić information content (AvgIpc) is 3.28. The number of pyridine rings is 1. The van der Waals surface area contributed by atoms with E-state index in [1.807, 2.05) is 6.07 Å². The zero-order chi connectivity index (χ0) is 22.0. The standard InChI is InChI=1S/C24H28FN3O3/c1-24(2,18-6-3-4-7-19(18)25)23(30)28-11-5-8-21(28)20-10-9-17(16-26-20)22(29)27-12-14-31-15-13-27/h3-4,6-7,9-10,16,21H,5,8,11-15H2,1-2H3/t21-/m0/s1. The predicted molar refractivity (Wildman–Crippen MR) is 114 cm³/mol. The van der Waals surface area contributed by atoms with Crippen LogP contribution in [0.2, 0.25) is 0 Å². The van der Waals surface area contributed by atoms with Crippen molar-refractivity contribution in [1.82, 2.24) is 14.8 Å². The van der Waals surface area contributed by atoms with Crippen molar-refractivity contribution in [2.24, 2.45) is 0 Å². The normalized spacial score (nSPS) is 19.5. The first-order chi connectivity index (χ1) is 14.9. The zero-order valence-corrected chi connectivity index (χ0v) is 18.0. The molecule has 0 radical (unpaired) electrons. The third kappa shape index (κ3) is 4.19. The average molecular weight is 426 g/mol. The fraction of sp³-hybridized carbons (Fsp3) is 0.458. The van der Waals surface area contributed by atoms with Crippen molar-refractivity contribution in [1.29, 1.82) is 0 Å². The summed E-state index contributed by atoms with van der Waals surface area (Å²) in [5, 5.41) is 0. The number of morpholine rings is 1. The highest BCUT2D eigenvalue weighted by Gasteiger charge is 2.41. The van der Waals surface area contributed by atoms with Gasteiger partial charge in [0.2, 0.25) is 5.91 Å². The van der Waals surface area contributed by atoms with E-state index in [2.05, 4.69) is 4.98 Å². The van der Waals surface area contributed by atoms with Crippen LogP contribution >= 0.6 is 0 Å². The SMILES string of the molecule is CC(C)(C(=O)N1CCC[C@H]1c1ccc(C(=O)N2CCOCC2)cn1)c1ccccc1F. The summed E-state index contributed by atoms with van der Waals surface area (Å²) in [5.74, 6) is -0.543. The Labute approximate surface area is 182 Å². The Morgan fingerprint density at radius 2 is 1.84 bits per heavy atom. The topological polar surface area (TPSA) is 62.7 Å². The molecule has 0 spiro atoms. The van der Waals surface area contributed by atoms with Crippen molar-refractivity contribution in [2.45, 2.75) is 38.1 Å². The second kappa shape index (κ2) is 8.75. The summed E-state index contributed by atoms with van der Waals surface area (Å²) < 4.78 is 19.7. The minimum Gasteiger partial charge on any atom is -0.378 e. The monoisotopic (exact) mass is 425 g/mol. The lowest BCUT2D eigenvalue weighted by atomic mass is 9.82. The highest BCUT2D eigenvalue weighted by atomic mass is 19.1. The van der Waals surface area contributed by atoms with Crippen molar-refractivity contribution in [2.75, 3.05) is 32.8 Å². The van der Waals surface area contributed by atoms with Gasteiger partial charge in [-0.15, -0.1) is 0 Å². The molecular formula is C24H28FN3O3. The van der Waals surface area contributed by atoms with Crippen molar-refractivity contribution in [3.05, 3.63) is 65.2 Å². The van der Waals surface area contributed by atoms with Crippen LogP contribution in [0.3, 0.4) is 0 Å². The second-order valence-electron chi connectivity index (χ2n) is 8.64. The van der Waals surface area contributed by atoms with Gasteiger partial charge in [0, 0.05) is 31.4 Å². The fourth-order valence-corrected chi connectivity index (χ4v) is 4.44. The van der Waals surface area contributed by atoms with Gasteiger partial charge in [0.25, 0.3) is 5.91 Å². The molecule has 2 amide bonds. The molecule has 3 heterocycles. The van der Waals surface area contributed by atoms with Gasteiger partial charge in [0.15, 0.2) is 0 Å². The third-order valence-corrected chi connectivity index (χ3v) is 6.27. The molecule has 1 aromatic carbocycles. The van der Waals surface area contributed by atoms with Crippen LogP contribution in [0.1, 0.15) is 54.3 Å². The molecular weight excluding hydrogens is 397 g/mol. The van der Waals surface area contributed by atoms with Gasteiger partial charge < -0.3 is 14.5 Å². The number of carbonyl (C=O) groups excluding carboxylic acids is 2. The van der Waals surface area contributed by atoms with E-state index in [9.17, 15) is 14.0 Å². The molecule has 2 aliphatic rings. The van der Waals surface area contributed by atoms with Crippen LogP contribution in [-0.4, -0.2) is 59.4 Å². The van der Waals surface area contributed by atoms with Crippen molar-refractivity contribution >= 4 is 11.8 Å². The number of halogens is 1. The van der Waals surface area contributed by atoms with E-state index in [0.29, 0.717) is 44.0 Å². The molecule has 0 N–H and O–H groups in total. The summed E-state index contributed by atoms with van der Waals surface area (Å²) in [7, 11) is 0. The molecule has 0 unspecified atom stereocenters. The molecule has 4 rings (SSSR count). The molecule has 164 valence electrons. The van der Waals surface area contributed by atoms with Crippen LogP contribution < -0.4 is 0 Å². The third-order valence-electron chi connectivity index (χ3n) is 6.27. The van der Waals surface area contributed by atoms with Crippen LogP contribution in [0.25, 0.3) is 0 Å². The second-order valence-corrected chi connectivity index (χ2v) is 8.64. The minimum atomic E-state index is -0.986. The van der Waals surface area contributed by atoms with Gasteiger partial charge in [-0.25, -0.2) is 4.39 Å². The maximum Gasteiger partial charge on any atom is 0.255 e. The molecule has 0 saturated carbocycles. The fourth-order valence-electron chi connectivity index (χ4n) is 4.44. The van der Waals surface area contributed by atoms with E-state index in [4.69, 9.17) is 4.74 Å². The first-order valence-corrected chi connectivity index (χ1v) is 10.8. The van der Waals surface area contributed by atoms with Crippen LogP contribution in [0, 0.1) is 5.82 Å². The molecule has 1 aromatic heterocycles. The van der Waals surface area contributed by atoms with Gasteiger partial charge in [0.1, 0.15) is 5.82 Å². The van der Waals surface area contributed by atoms with Gasteiger partial charge in [-0.1, -0.05) is 18.2 Å². The van der Waals surface area contributed by atoms with Crippen LogP contribution in [-0.2, 0) is 14.9 Å². The van der Waals surface area contributed by atoms with E-state index in [1.165, 1.54) is 6.07 Å². The van der Waals surface area contributed by atoms with Crippen LogP contribution in [0.5, 0.6) is 0 Å². The number of ether oxygens (including phenoxy) is 1. The quantitative estimate of drug-likeness (QED) is 0.754. The molecule has 2 aromatic rings. The summed E-state index contributed by atoms with van der Waals surface area (Å²) in [6.07, 6.45) is 3.25. The molecule has 2 fully saturated rings. The number of likely N-dealkylation sites (tertiary alicyclic amines) is 1. The van der Waals surface area contributed by atoms with Crippen molar-refractivity contribution in [3.63, 3.8) is 0 Å². The first-order valence-electron chi connectivity index (χ1n) is 10.8. The molecule has 6 nitrogen and oxygen atoms in total. The van der Waals surface area contributed by atoms with E-state index in [1.54, 1.807) is 54.1 Å². The number of benzene rings is 1. The van der Waals surface area contributed by atoms with Crippen molar-refractivity contribution in [3.8, 4) is 0 Å². The molecule has 0 bridgehead atoms. The Balaban J connectivity index is 1.52. The van der Waals surface area contributed by atoms with Gasteiger partial charge in [-0.3, -0.25) is 14.6 Å². The Hall–Kier alpha value is -2.80. The molecule has 31 heavy (non-hydrogen) atoms. The largest absolute Gasteiger partial charge is 0.378 e. The van der Waals surface area contributed by atoms with Gasteiger partial charge in [-0.05, 0) is 44.9 Å².